The number of alkyl halides is 3. The second-order valence-electron chi connectivity index (χ2n) is 8.08. The number of halogens is 3. The second kappa shape index (κ2) is 9.16. The normalized spacial score (nSPS) is 19.3. The Labute approximate surface area is 173 Å². The molecule has 1 saturated heterocycles. The number of nitrogens with zero attached hydrogens (tertiary/aromatic N) is 2. The van der Waals surface area contributed by atoms with Crippen molar-refractivity contribution in [2.24, 2.45) is 10.5 Å². The third-order valence-corrected chi connectivity index (χ3v) is 6.01. The van der Waals surface area contributed by atoms with Gasteiger partial charge in [0.05, 0.1) is 5.56 Å². The van der Waals surface area contributed by atoms with Gasteiger partial charge >= 0.3 is 6.18 Å². The minimum absolute atomic E-state index is 0.0446. The van der Waals surface area contributed by atoms with E-state index in [0.29, 0.717) is 45.2 Å². The van der Waals surface area contributed by atoms with E-state index >= 15 is 0 Å². The average molecular weight is 425 g/mol. The lowest BCUT2D eigenvalue weighted by atomic mass is 9.73. The number of aliphatic hydroxyl groups excluding tert-OH is 1. The summed E-state index contributed by atoms with van der Waals surface area (Å²) < 4.78 is 39.9. The van der Waals surface area contributed by atoms with Crippen LogP contribution in [0, 0.1) is 5.41 Å². The monoisotopic (exact) mass is 425 g/mol. The first kappa shape index (κ1) is 22.3. The molecule has 0 atom stereocenters. The molecule has 30 heavy (non-hydrogen) atoms. The zero-order valence-corrected chi connectivity index (χ0v) is 16.7. The highest BCUT2D eigenvalue weighted by Crippen LogP contribution is 2.39. The number of hydrazone groups is 1. The number of rotatable bonds is 6. The Kier molecular flexibility index (Phi) is 6.80. The Morgan fingerprint density at radius 1 is 1.20 bits per heavy atom. The summed E-state index contributed by atoms with van der Waals surface area (Å²) in [5.41, 5.74) is 2.03. The van der Waals surface area contributed by atoms with E-state index < -0.39 is 17.2 Å². The fourth-order valence-corrected chi connectivity index (χ4v) is 4.08. The first-order valence-corrected chi connectivity index (χ1v) is 10.1. The maximum Gasteiger partial charge on any atom is 0.416 e. The van der Waals surface area contributed by atoms with E-state index in [-0.39, 0.29) is 36.8 Å². The molecule has 164 valence electrons. The molecule has 0 bridgehead atoms. The van der Waals surface area contributed by atoms with Crippen molar-refractivity contribution in [1.82, 2.24) is 10.3 Å². The predicted octanol–water partition coefficient (Wildman–Crippen LogP) is 2.90. The summed E-state index contributed by atoms with van der Waals surface area (Å²) in [6.07, 6.45) is -1.77. The highest BCUT2D eigenvalue weighted by Gasteiger charge is 2.39. The van der Waals surface area contributed by atoms with E-state index in [9.17, 15) is 27.9 Å². The van der Waals surface area contributed by atoms with Crippen LogP contribution in [-0.4, -0.2) is 47.2 Å². The molecule has 2 heterocycles. The lowest BCUT2D eigenvalue weighted by Crippen LogP contribution is -2.45. The maximum absolute atomic E-state index is 13.3. The van der Waals surface area contributed by atoms with E-state index in [2.05, 4.69) is 10.5 Å². The number of piperidine rings is 1. The van der Waals surface area contributed by atoms with Gasteiger partial charge in [-0.1, -0.05) is 18.2 Å². The zero-order valence-electron chi connectivity index (χ0n) is 16.7. The van der Waals surface area contributed by atoms with Crippen molar-refractivity contribution >= 4 is 17.5 Å². The second-order valence-corrected chi connectivity index (χ2v) is 8.08. The van der Waals surface area contributed by atoms with Crippen LogP contribution in [0.1, 0.15) is 49.7 Å². The quantitative estimate of drug-likeness (QED) is 0.735. The molecular formula is C21H26F3N3O3. The van der Waals surface area contributed by atoms with E-state index in [1.807, 2.05) is 0 Å². The van der Waals surface area contributed by atoms with Gasteiger partial charge in [0.15, 0.2) is 0 Å². The first-order valence-electron chi connectivity index (χ1n) is 10.1. The molecule has 1 aromatic carbocycles. The van der Waals surface area contributed by atoms with E-state index in [1.54, 1.807) is 11.0 Å². The minimum Gasteiger partial charge on any atom is -0.396 e. The summed E-state index contributed by atoms with van der Waals surface area (Å²) in [4.78, 5) is 25.3. The molecule has 6 nitrogen and oxygen atoms in total. The fraction of sp³-hybridized carbons (Fsp3) is 0.571. The van der Waals surface area contributed by atoms with Crippen LogP contribution in [0.2, 0.25) is 0 Å². The predicted molar refractivity (Wildman–Crippen MR) is 105 cm³/mol. The van der Waals surface area contributed by atoms with Crippen LogP contribution in [-0.2, 0) is 22.2 Å². The van der Waals surface area contributed by atoms with Gasteiger partial charge in [0.25, 0.3) is 0 Å². The maximum atomic E-state index is 13.3. The Hall–Kier alpha value is -2.42. The number of hydrogen-bond acceptors (Lipinski definition) is 4. The molecule has 2 N–H and O–H groups in total. The van der Waals surface area contributed by atoms with Crippen LogP contribution in [0.5, 0.6) is 0 Å². The molecule has 3 rings (SSSR count). The number of amides is 2. The molecule has 9 heteroatoms. The standard InChI is InChI=1S/C21H26F3N3O3/c22-21(23,24)17-4-2-1-3-15(17)13-20(14-28)9-11-27(12-10-20)19(30)8-6-16-5-7-18(29)26-25-16/h1-4,28H,5-14H2,(H,26,29). The topological polar surface area (TPSA) is 82.0 Å². The van der Waals surface area contributed by atoms with Gasteiger partial charge < -0.3 is 10.0 Å². The molecule has 1 fully saturated rings. The van der Waals surface area contributed by atoms with Gasteiger partial charge in [-0.2, -0.15) is 18.3 Å². The molecule has 0 unspecified atom stereocenters. The third-order valence-electron chi connectivity index (χ3n) is 6.01. The van der Waals surface area contributed by atoms with Crippen molar-refractivity contribution in [3.63, 3.8) is 0 Å². The molecule has 0 spiro atoms. The molecule has 0 saturated carbocycles. The molecule has 2 amide bonds. The number of carbonyl (C=O) groups excluding carboxylic acids is 2. The summed E-state index contributed by atoms with van der Waals surface area (Å²) in [5, 5.41) is 13.9. The van der Waals surface area contributed by atoms with E-state index in [4.69, 9.17) is 0 Å². The zero-order chi connectivity index (χ0) is 21.8. The fourth-order valence-electron chi connectivity index (χ4n) is 4.08. The van der Waals surface area contributed by atoms with Gasteiger partial charge in [-0.05, 0) is 43.7 Å². The molecule has 2 aliphatic heterocycles. The van der Waals surface area contributed by atoms with E-state index in [1.165, 1.54) is 12.1 Å². The number of likely N-dealkylation sites (tertiary alicyclic amines) is 1. The SMILES string of the molecule is O=C1CCC(CCC(=O)N2CCC(CO)(Cc3ccccc3C(F)(F)F)CC2)=NN1. The number of nitrogens with one attached hydrogen (secondary N) is 1. The van der Waals surface area contributed by atoms with Crippen molar-refractivity contribution in [2.75, 3.05) is 19.7 Å². The van der Waals surface area contributed by atoms with Gasteiger partial charge in [0, 0.05) is 43.7 Å². The van der Waals surface area contributed by atoms with Gasteiger partial charge in [-0.25, -0.2) is 5.43 Å². The number of carbonyl (C=O) groups is 2. The van der Waals surface area contributed by atoms with Crippen LogP contribution in [0.3, 0.4) is 0 Å². The molecule has 0 radical (unpaired) electrons. The Morgan fingerprint density at radius 2 is 1.90 bits per heavy atom. The summed E-state index contributed by atoms with van der Waals surface area (Å²) in [5.74, 6) is -0.176. The average Bonchev–Trinajstić information content (AvgIpc) is 2.73. The summed E-state index contributed by atoms with van der Waals surface area (Å²) >= 11 is 0. The molecule has 0 aliphatic carbocycles. The molecule has 0 aromatic heterocycles. The Balaban J connectivity index is 1.57. The molecule has 1 aromatic rings. The first-order chi connectivity index (χ1) is 14.2. The van der Waals surface area contributed by atoms with Gasteiger partial charge in [0.1, 0.15) is 0 Å². The van der Waals surface area contributed by atoms with Crippen molar-refractivity contribution in [3.05, 3.63) is 35.4 Å². The van der Waals surface area contributed by atoms with Crippen LogP contribution >= 0.6 is 0 Å². The van der Waals surface area contributed by atoms with Crippen molar-refractivity contribution < 1.29 is 27.9 Å². The summed E-state index contributed by atoms with van der Waals surface area (Å²) in [6.45, 7) is 0.575. The number of aliphatic hydroxyl groups is 1. The smallest absolute Gasteiger partial charge is 0.396 e. The number of benzene rings is 1. The lowest BCUT2D eigenvalue weighted by Gasteiger charge is -2.41. The lowest BCUT2D eigenvalue weighted by molar-refractivity contribution is -0.138. The van der Waals surface area contributed by atoms with Gasteiger partial charge in [-0.3, -0.25) is 9.59 Å². The van der Waals surface area contributed by atoms with Crippen molar-refractivity contribution in [3.8, 4) is 0 Å². The molecule has 2 aliphatic rings. The van der Waals surface area contributed by atoms with Crippen LogP contribution in [0.15, 0.2) is 29.4 Å². The van der Waals surface area contributed by atoms with Crippen LogP contribution in [0.25, 0.3) is 0 Å². The summed E-state index contributed by atoms with van der Waals surface area (Å²) in [7, 11) is 0. The van der Waals surface area contributed by atoms with E-state index in [0.717, 1.165) is 11.8 Å². The Bertz CT molecular complexity index is 815. The molecular weight excluding hydrogens is 399 g/mol. The minimum atomic E-state index is -4.44. The van der Waals surface area contributed by atoms with Crippen LogP contribution in [0.4, 0.5) is 13.2 Å². The van der Waals surface area contributed by atoms with Crippen molar-refractivity contribution in [2.45, 2.75) is 51.1 Å². The highest BCUT2D eigenvalue weighted by molar-refractivity contribution is 5.94. The van der Waals surface area contributed by atoms with Crippen molar-refractivity contribution in [1.29, 1.82) is 0 Å². The Morgan fingerprint density at radius 3 is 2.50 bits per heavy atom. The number of hydrogen-bond donors (Lipinski definition) is 2. The highest BCUT2D eigenvalue weighted by atomic mass is 19.4. The van der Waals surface area contributed by atoms with Crippen LogP contribution < -0.4 is 5.43 Å². The largest absolute Gasteiger partial charge is 0.416 e. The summed E-state index contributed by atoms with van der Waals surface area (Å²) in [6, 6.07) is 5.46. The van der Waals surface area contributed by atoms with Gasteiger partial charge in [0.2, 0.25) is 11.8 Å². The van der Waals surface area contributed by atoms with Gasteiger partial charge in [-0.15, -0.1) is 0 Å². The third kappa shape index (κ3) is 5.38.